The number of amides is 1. The summed E-state index contributed by atoms with van der Waals surface area (Å²) < 4.78 is 6.13. The van der Waals surface area contributed by atoms with Crippen LogP contribution in [-0.2, 0) is 16.1 Å². The van der Waals surface area contributed by atoms with Gasteiger partial charge in [-0.05, 0) is 25.3 Å². The highest BCUT2D eigenvalue weighted by atomic mass is 127. The van der Waals surface area contributed by atoms with E-state index in [2.05, 4.69) is 57.7 Å². The molecule has 3 fully saturated rings. The minimum atomic E-state index is 0. The Kier molecular flexibility index (Phi) is 10.7. The van der Waals surface area contributed by atoms with Crippen molar-refractivity contribution in [3.8, 4) is 0 Å². The van der Waals surface area contributed by atoms with Crippen LogP contribution >= 0.6 is 24.0 Å². The number of rotatable bonds is 7. The second kappa shape index (κ2) is 13.5. The highest BCUT2D eigenvalue weighted by molar-refractivity contribution is 14.0. The van der Waals surface area contributed by atoms with Gasteiger partial charge in [0.1, 0.15) is 0 Å². The molecule has 0 radical (unpaired) electrons. The Morgan fingerprint density at radius 1 is 1.15 bits per heavy atom. The zero-order valence-corrected chi connectivity index (χ0v) is 22.2. The van der Waals surface area contributed by atoms with Gasteiger partial charge in [0.05, 0.1) is 25.3 Å². The van der Waals surface area contributed by atoms with Crippen LogP contribution in [0.1, 0.15) is 51.0 Å². The first-order chi connectivity index (χ1) is 15.7. The van der Waals surface area contributed by atoms with Gasteiger partial charge < -0.3 is 20.3 Å². The maximum Gasteiger partial charge on any atom is 0.222 e. The predicted molar refractivity (Wildman–Crippen MR) is 143 cm³/mol. The number of carbonyl (C=O) groups is 1. The van der Waals surface area contributed by atoms with Gasteiger partial charge in [-0.1, -0.05) is 49.6 Å². The van der Waals surface area contributed by atoms with Gasteiger partial charge in [-0.2, -0.15) is 0 Å². The van der Waals surface area contributed by atoms with Gasteiger partial charge >= 0.3 is 0 Å². The summed E-state index contributed by atoms with van der Waals surface area (Å²) in [7, 11) is 0. The highest BCUT2D eigenvalue weighted by Crippen LogP contribution is 2.24. The largest absolute Gasteiger partial charge is 0.373 e. The van der Waals surface area contributed by atoms with Gasteiger partial charge in [0, 0.05) is 45.2 Å². The molecule has 33 heavy (non-hydrogen) atoms. The second-order valence-electron chi connectivity index (χ2n) is 9.23. The lowest BCUT2D eigenvalue weighted by Crippen LogP contribution is -2.50. The summed E-state index contributed by atoms with van der Waals surface area (Å²) in [5.41, 5.74) is 1.34. The smallest absolute Gasteiger partial charge is 0.222 e. The summed E-state index contributed by atoms with van der Waals surface area (Å²) in [6.07, 6.45) is 6.64. The SMILES string of the molecule is CCNC(=NCCC(=O)NC1CCCCC1)N1CC2OCCN(Cc3ccccc3)C2C1.I. The quantitative estimate of drug-likeness (QED) is 0.300. The number of nitrogens with one attached hydrogen (secondary N) is 2. The van der Waals surface area contributed by atoms with Gasteiger partial charge in [0.2, 0.25) is 5.91 Å². The van der Waals surface area contributed by atoms with E-state index in [1.54, 1.807) is 0 Å². The number of halogens is 1. The van der Waals surface area contributed by atoms with E-state index in [4.69, 9.17) is 9.73 Å². The fourth-order valence-corrected chi connectivity index (χ4v) is 5.18. The molecular weight excluding hydrogens is 529 g/mol. The van der Waals surface area contributed by atoms with Crippen LogP contribution < -0.4 is 10.6 Å². The number of hydrogen-bond acceptors (Lipinski definition) is 4. The van der Waals surface area contributed by atoms with Crippen molar-refractivity contribution in [2.24, 2.45) is 4.99 Å². The standard InChI is InChI=1S/C25H39N5O2.HI/c1-2-26-25(27-14-13-24(31)28-21-11-7-4-8-12-21)30-18-22-23(19-30)32-16-15-29(22)17-20-9-5-3-6-10-20;/h3,5-6,9-10,21-23H,2,4,7-8,11-19H2,1H3,(H,26,27)(H,28,31);1H. The minimum absolute atomic E-state index is 0. The second-order valence-corrected chi connectivity index (χ2v) is 9.23. The third-order valence-electron chi connectivity index (χ3n) is 6.85. The highest BCUT2D eigenvalue weighted by Gasteiger charge is 2.41. The van der Waals surface area contributed by atoms with Crippen LogP contribution in [0.25, 0.3) is 0 Å². The summed E-state index contributed by atoms with van der Waals surface area (Å²) in [6.45, 7) is 7.85. The molecular formula is C25H40IN5O2. The van der Waals surface area contributed by atoms with E-state index < -0.39 is 0 Å². The number of ether oxygens (including phenoxy) is 1. The molecule has 4 rings (SSSR count). The van der Waals surface area contributed by atoms with Crippen LogP contribution in [0.4, 0.5) is 0 Å². The Hall–Kier alpha value is -1.39. The molecule has 1 aromatic carbocycles. The zero-order chi connectivity index (χ0) is 22.2. The van der Waals surface area contributed by atoms with Crippen molar-refractivity contribution in [3.63, 3.8) is 0 Å². The van der Waals surface area contributed by atoms with Crippen molar-refractivity contribution < 1.29 is 9.53 Å². The number of likely N-dealkylation sites (tertiary alicyclic amines) is 1. The molecule has 0 spiro atoms. The molecule has 8 heteroatoms. The average molecular weight is 570 g/mol. The van der Waals surface area contributed by atoms with E-state index in [-0.39, 0.29) is 36.0 Å². The van der Waals surface area contributed by atoms with Crippen molar-refractivity contribution in [1.82, 2.24) is 20.4 Å². The number of aliphatic imine (C=N–C) groups is 1. The lowest BCUT2D eigenvalue weighted by molar-refractivity contribution is -0.121. The van der Waals surface area contributed by atoms with Crippen LogP contribution in [0.2, 0.25) is 0 Å². The predicted octanol–water partition coefficient (Wildman–Crippen LogP) is 2.99. The van der Waals surface area contributed by atoms with Gasteiger partial charge in [-0.3, -0.25) is 14.7 Å². The Labute approximate surface area is 215 Å². The lowest BCUT2D eigenvalue weighted by atomic mass is 9.95. The minimum Gasteiger partial charge on any atom is -0.373 e. The molecule has 1 amide bonds. The van der Waals surface area contributed by atoms with Crippen molar-refractivity contribution >= 4 is 35.8 Å². The number of benzene rings is 1. The van der Waals surface area contributed by atoms with Crippen LogP contribution in [0.5, 0.6) is 0 Å². The van der Waals surface area contributed by atoms with E-state index in [1.165, 1.54) is 24.8 Å². The van der Waals surface area contributed by atoms with E-state index in [0.29, 0.717) is 25.0 Å². The van der Waals surface area contributed by atoms with Crippen molar-refractivity contribution in [3.05, 3.63) is 35.9 Å². The number of morpholine rings is 1. The third-order valence-corrected chi connectivity index (χ3v) is 6.85. The molecule has 2 heterocycles. The van der Waals surface area contributed by atoms with E-state index in [0.717, 1.165) is 58.1 Å². The van der Waals surface area contributed by atoms with Gasteiger partial charge in [0.15, 0.2) is 5.96 Å². The topological polar surface area (TPSA) is 69.2 Å². The summed E-state index contributed by atoms with van der Waals surface area (Å²) in [4.78, 5) is 22.0. The molecule has 1 aliphatic carbocycles. The first-order valence-corrected chi connectivity index (χ1v) is 12.4. The van der Waals surface area contributed by atoms with E-state index >= 15 is 0 Å². The Bertz CT molecular complexity index is 756. The van der Waals surface area contributed by atoms with Crippen LogP contribution in [0, 0.1) is 0 Å². The normalized spacial score (nSPS) is 24.2. The van der Waals surface area contributed by atoms with Gasteiger partial charge in [-0.15, -0.1) is 24.0 Å². The summed E-state index contributed by atoms with van der Waals surface area (Å²) in [5, 5.41) is 6.62. The summed E-state index contributed by atoms with van der Waals surface area (Å²) in [6, 6.07) is 11.4. The van der Waals surface area contributed by atoms with Crippen LogP contribution in [-0.4, -0.2) is 79.2 Å². The lowest BCUT2D eigenvalue weighted by Gasteiger charge is -2.36. The molecule has 2 N–H and O–H groups in total. The summed E-state index contributed by atoms with van der Waals surface area (Å²) in [5.74, 6) is 1.03. The van der Waals surface area contributed by atoms with Crippen LogP contribution in [0.15, 0.2) is 35.3 Å². The fourth-order valence-electron chi connectivity index (χ4n) is 5.18. The zero-order valence-electron chi connectivity index (χ0n) is 19.9. The molecule has 184 valence electrons. The van der Waals surface area contributed by atoms with Crippen molar-refractivity contribution in [1.29, 1.82) is 0 Å². The molecule has 1 saturated carbocycles. The van der Waals surface area contributed by atoms with Gasteiger partial charge in [0.25, 0.3) is 0 Å². The fraction of sp³-hybridized carbons (Fsp3) is 0.680. The monoisotopic (exact) mass is 569 g/mol. The molecule has 3 aliphatic rings. The number of hydrogen-bond donors (Lipinski definition) is 2. The first kappa shape index (κ1) is 26.2. The van der Waals surface area contributed by atoms with E-state index in [9.17, 15) is 4.79 Å². The molecule has 2 unspecified atom stereocenters. The van der Waals surface area contributed by atoms with Crippen molar-refractivity contribution in [2.75, 3.05) is 39.3 Å². The molecule has 2 atom stereocenters. The number of fused-ring (bicyclic) bond motifs is 1. The third kappa shape index (κ3) is 7.55. The Balaban J connectivity index is 0.00000306. The van der Waals surface area contributed by atoms with Crippen molar-refractivity contribution in [2.45, 2.75) is 70.2 Å². The Morgan fingerprint density at radius 2 is 1.94 bits per heavy atom. The first-order valence-electron chi connectivity index (χ1n) is 12.4. The van der Waals surface area contributed by atoms with Gasteiger partial charge in [-0.25, -0.2) is 0 Å². The molecule has 2 aliphatic heterocycles. The number of guanidine groups is 1. The van der Waals surface area contributed by atoms with Crippen LogP contribution in [0.3, 0.4) is 0 Å². The molecule has 0 bridgehead atoms. The maximum absolute atomic E-state index is 12.4. The number of carbonyl (C=O) groups excluding carboxylic acids is 1. The summed E-state index contributed by atoms with van der Waals surface area (Å²) >= 11 is 0. The molecule has 1 aromatic rings. The molecule has 7 nitrogen and oxygen atoms in total. The maximum atomic E-state index is 12.4. The average Bonchev–Trinajstić information content (AvgIpc) is 3.25. The Morgan fingerprint density at radius 3 is 2.70 bits per heavy atom. The number of nitrogens with zero attached hydrogens (tertiary/aromatic N) is 3. The molecule has 0 aromatic heterocycles. The molecule has 2 saturated heterocycles. The van der Waals surface area contributed by atoms with E-state index in [1.807, 2.05) is 0 Å².